The van der Waals surface area contributed by atoms with Crippen molar-refractivity contribution in [3.8, 4) is 0 Å². The topological polar surface area (TPSA) is 52.6 Å². The van der Waals surface area contributed by atoms with Gasteiger partial charge >= 0.3 is 11.9 Å². The van der Waals surface area contributed by atoms with Crippen LogP contribution in [0.25, 0.3) is 0 Å². The summed E-state index contributed by atoms with van der Waals surface area (Å²) in [6.07, 6.45) is 2.50. The largest absolute Gasteiger partial charge is 0.457 e. The Bertz CT molecular complexity index is 278. The van der Waals surface area contributed by atoms with E-state index < -0.39 is 23.6 Å². The van der Waals surface area contributed by atoms with E-state index in [9.17, 15) is 9.59 Å². The van der Waals surface area contributed by atoms with Crippen LogP contribution in [0.3, 0.4) is 0 Å². The van der Waals surface area contributed by atoms with E-state index in [1.54, 1.807) is 26.8 Å². The van der Waals surface area contributed by atoms with Gasteiger partial charge in [0.25, 0.3) is 0 Å². The van der Waals surface area contributed by atoms with Crippen LogP contribution in [0.2, 0.25) is 0 Å². The summed E-state index contributed by atoms with van der Waals surface area (Å²) in [5, 5.41) is 0. The Balaban J connectivity index is 2.55. The molecule has 0 aliphatic carbocycles. The Hall–Kier alpha value is -1.32. The van der Waals surface area contributed by atoms with E-state index in [-0.39, 0.29) is 0 Å². The van der Waals surface area contributed by atoms with Crippen LogP contribution in [0.1, 0.15) is 27.2 Å². The van der Waals surface area contributed by atoms with Crippen molar-refractivity contribution in [2.45, 2.75) is 38.9 Å². The first-order valence-electron chi connectivity index (χ1n) is 4.51. The summed E-state index contributed by atoms with van der Waals surface area (Å²) < 4.78 is 9.90. The lowest BCUT2D eigenvalue weighted by Crippen LogP contribution is -2.21. The first kappa shape index (κ1) is 10.8. The van der Waals surface area contributed by atoms with Gasteiger partial charge in [0.1, 0.15) is 5.60 Å². The molecule has 0 spiro atoms. The predicted molar refractivity (Wildman–Crippen MR) is 49.5 cm³/mol. The van der Waals surface area contributed by atoms with Crippen LogP contribution in [0.4, 0.5) is 0 Å². The molecule has 1 aliphatic heterocycles. The maximum absolute atomic E-state index is 11.2. The smallest absolute Gasteiger partial charge is 0.348 e. The van der Waals surface area contributed by atoms with Crippen LogP contribution in [-0.2, 0) is 19.1 Å². The van der Waals surface area contributed by atoms with Crippen molar-refractivity contribution in [1.82, 2.24) is 0 Å². The van der Waals surface area contributed by atoms with Gasteiger partial charge in [-0.3, -0.25) is 0 Å². The van der Waals surface area contributed by atoms with Gasteiger partial charge in [0, 0.05) is 12.5 Å². The van der Waals surface area contributed by atoms with E-state index >= 15 is 0 Å². The number of hydrogen-bond donors (Lipinski definition) is 0. The highest BCUT2D eigenvalue weighted by atomic mass is 16.6. The second-order valence-corrected chi connectivity index (χ2v) is 3.81. The van der Waals surface area contributed by atoms with Crippen molar-refractivity contribution < 1.29 is 19.1 Å². The molecule has 0 N–H and O–H groups in total. The number of ether oxygens (including phenoxy) is 2. The highest BCUT2D eigenvalue weighted by Crippen LogP contribution is 2.27. The normalized spacial score (nSPS) is 25.1. The van der Waals surface area contributed by atoms with E-state index in [1.165, 1.54) is 6.08 Å². The van der Waals surface area contributed by atoms with E-state index in [4.69, 9.17) is 9.47 Å². The fourth-order valence-electron chi connectivity index (χ4n) is 1.31. The summed E-state index contributed by atoms with van der Waals surface area (Å²) in [4.78, 5) is 22.2. The van der Waals surface area contributed by atoms with Crippen molar-refractivity contribution in [1.29, 1.82) is 0 Å². The molecule has 0 aromatic carbocycles. The lowest BCUT2D eigenvalue weighted by Gasteiger charge is -2.13. The van der Waals surface area contributed by atoms with Crippen molar-refractivity contribution in [2.75, 3.05) is 0 Å². The molecule has 0 radical (unpaired) electrons. The lowest BCUT2D eigenvalue weighted by molar-refractivity contribution is -0.159. The minimum Gasteiger partial charge on any atom is -0.457 e. The number of esters is 2. The first-order chi connectivity index (χ1) is 6.44. The average Bonchev–Trinajstić information content (AvgIpc) is 2.25. The molecule has 4 nitrogen and oxygen atoms in total. The molecule has 14 heavy (non-hydrogen) atoms. The van der Waals surface area contributed by atoms with E-state index in [0.29, 0.717) is 6.42 Å². The quantitative estimate of drug-likeness (QED) is 0.494. The van der Waals surface area contributed by atoms with Gasteiger partial charge in [0.05, 0.1) is 0 Å². The average molecular weight is 198 g/mol. The van der Waals surface area contributed by atoms with Crippen LogP contribution in [0, 0.1) is 0 Å². The predicted octanol–water partition coefficient (Wildman–Crippen LogP) is 1.20. The van der Waals surface area contributed by atoms with Gasteiger partial charge in [-0.2, -0.15) is 0 Å². The van der Waals surface area contributed by atoms with Crippen LogP contribution in [0.5, 0.6) is 0 Å². The Morgan fingerprint density at radius 3 is 2.71 bits per heavy atom. The van der Waals surface area contributed by atoms with Gasteiger partial charge in [0.2, 0.25) is 6.10 Å². The van der Waals surface area contributed by atoms with Gasteiger partial charge < -0.3 is 9.47 Å². The van der Waals surface area contributed by atoms with Gasteiger partial charge in [-0.25, -0.2) is 9.59 Å². The third-order valence-corrected chi connectivity index (χ3v) is 1.88. The molecule has 0 aromatic heterocycles. The molecule has 1 fully saturated rings. The zero-order valence-electron chi connectivity index (χ0n) is 8.57. The molecule has 1 unspecified atom stereocenters. The van der Waals surface area contributed by atoms with Crippen molar-refractivity contribution in [2.24, 2.45) is 0 Å². The number of cyclic esters (lactones) is 1. The molecule has 78 valence electrons. The number of hydrogen-bond acceptors (Lipinski definition) is 4. The molecule has 0 saturated carbocycles. The van der Waals surface area contributed by atoms with Crippen molar-refractivity contribution in [3.05, 3.63) is 12.2 Å². The fourth-order valence-corrected chi connectivity index (χ4v) is 1.31. The van der Waals surface area contributed by atoms with Crippen LogP contribution >= 0.6 is 0 Å². The van der Waals surface area contributed by atoms with Gasteiger partial charge in [-0.05, 0) is 20.8 Å². The molecule has 0 aromatic rings. The minimum atomic E-state index is -0.756. The molecule has 0 amide bonds. The zero-order chi connectivity index (χ0) is 10.8. The van der Waals surface area contributed by atoms with Gasteiger partial charge in [-0.15, -0.1) is 0 Å². The molecule has 4 heteroatoms. The van der Waals surface area contributed by atoms with Crippen molar-refractivity contribution in [3.63, 3.8) is 0 Å². The molecule has 1 atom stereocenters. The third kappa shape index (κ3) is 2.58. The van der Waals surface area contributed by atoms with Crippen LogP contribution < -0.4 is 0 Å². The lowest BCUT2D eigenvalue weighted by atomic mass is 10.0. The molecule has 1 aliphatic rings. The SMILES string of the molecule is CC=CC(=O)OC1CC(C)(C)OC1=O. The highest BCUT2D eigenvalue weighted by molar-refractivity contribution is 5.86. The summed E-state index contributed by atoms with van der Waals surface area (Å²) in [7, 11) is 0. The number of rotatable bonds is 2. The summed E-state index contributed by atoms with van der Waals surface area (Å²) in [6.45, 7) is 5.28. The Labute approximate surface area is 82.9 Å². The van der Waals surface area contributed by atoms with Gasteiger partial charge in [0.15, 0.2) is 0 Å². The second kappa shape index (κ2) is 3.82. The zero-order valence-corrected chi connectivity index (χ0v) is 8.57. The molecule has 1 saturated heterocycles. The first-order valence-corrected chi connectivity index (χ1v) is 4.51. The number of carbonyl (C=O) groups is 2. The molecular weight excluding hydrogens is 184 g/mol. The van der Waals surface area contributed by atoms with Crippen LogP contribution in [-0.4, -0.2) is 23.6 Å². The maximum Gasteiger partial charge on any atom is 0.348 e. The number of allylic oxidation sites excluding steroid dienone is 1. The number of carbonyl (C=O) groups excluding carboxylic acids is 2. The maximum atomic E-state index is 11.2. The summed E-state index contributed by atoms with van der Waals surface area (Å²) in [5.41, 5.74) is -0.530. The van der Waals surface area contributed by atoms with E-state index in [2.05, 4.69) is 0 Å². The third-order valence-electron chi connectivity index (χ3n) is 1.88. The van der Waals surface area contributed by atoms with E-state index in [1.807, 2.05) is 0 Å². The summed E-state index contributed by atoms with van der Waals surface area (Å²) in [6, 6.07) is 0. The highest BCUT2D eigenvalue weighted by Gasteiger charge is 2.42. The monoisotopic (exact) mass is 198 g/mol. The Morgan fingerprint density at radius 2 is 2.29 bits per heavy atom. The van der Waals surface area contributed by atoms with Crippen molar-refractivity contribution >= 4 is 11.9 Å². The molecule has 1 heterocycles. The van der Waals surface area contributed by atoms with Gasteiger partial charge in [-0.1, -0.05) is 6.08 Å². The molecular formula is C10H14O4. The second-order valence-electron chi connectivity index (χ2n) is 3.81. The molecule has 0 bridgehead atoms. The Morgan fingerprint density at radius 1 is 1.64 bits per heavy atom. The van der Waals surface area contributed by atoms with Crippen LogP contribution in [0.15, 0.2) is 12.2 Å². The molecule has 1 rings (SSSR count). The summed E-state index contributed by atoms with van der Waals surface area (Å²) in [5.74, 6) is -0.972. The van der Waals surface area contributed by atoms with E-state index in [0.717, 1.165) is 0 Å². The fraction of sp³-hybridized carbons (Fsp3) is 0.600. The minimum absolute atomic E-state index is 0.412. The standard InChI is InChI=1S/C10H14O4/c1-4-5-8(11)13-7-6-10(2,3)14-9(7)12/h4-5,7H,6H2,1-3H3. The Kier molecular flexibility index (Phi) is 2.93. The summed E-state index contributed by atoms with van der Waals surface area (Å²) >= 11 is 0.